The zero-order chi connectivity index (χ0) is 24.2. The van der Waals surface area contributed by atoms with E-state index in [0.717, 1.165) is 27.8 Å². The molecule has 0 aromatic heterocycles. The molecule has 6 heteroatoms. The Morgan fingerprint density at radius 2 is 1.43 bits per heavy atom. The first-order valence-corrected chi connectivity index (χ1v) is 11.3. The Morgan fingerprint density at radius 3 is 2.09 bits per heavy atom. The van der Waals surface area contributed by atoms with Gasteiger partial charge in [0.2, 0.25) is 0 Å². The average molecular weight is 466 g/mol. The summed E-state index contributed by atoms with van der Waals surface area (Å²) in [5, 5.41) is 12.1. The maximum atomic E-state index is 12.7. The summed E-state index contributed by atoms with van der Waals surface area (Å²) in [6, 6.07) is 30.2. The van der Waals surface area contributed by atoms with Gasteiger partial charge < -0.3 is 14.6 Å². The van der Waals surface area contributed by atoms with Crippen LogP contribution in [0.25, 0.3) is 11.1 Å². The summed E-state index contributed by atoms with van der Waals surface area (Å²) in [6.07, 6.45) is -0.727. The Labute approximate surface area is 202 Å². The Hall–Kier alpha value is -4.58. The highest BCUT2D eigenvalue weighted by molar-refractivity contribution is 5.99. The molecule has 6 nitrogen and oxygen atoms in total. The average Bonchev–Trinajstić information content (AvgIpc) is 3.20. The molecule has 4 aromatic carbocycles. The highest BCUT2D eigenvalue weighted by atomic mass is 16.5. The molecule has 1 aliphatic rings. The second-order valence-electron chi connectivity index (χ2n) is 8.24. The molecule has 0 aliphatic heterocycles. The molecule has 0 bridgehead atoms. The van der Waals surface area contributed by atoms with Crippen molar-refractivity contribution in [3.8, 4) is 16.9 Å². The van der Waals surface area contributed by atoms with Crippen molar-refractivity contribution in [2.24, 2.45) is 0 Å². The van der Waals surface area contributed by atoms with Gasteiger partial charge in [0, 0.05) is 12.0 Å². The second kappa shape index (κ2) is 9.73. The van der Waals surface area contributed by atoms with E-state index in [9.17, 15) is 14.7 Å². The van der Waals surface area contributed by atoms with Crippen LogP contribution in [0.5, 0.6) is 5.75 Å². The maximum Gasteiger partial charge on any atom is 0.411 e. The standard InChI is InChI=1S/C29H23NO5/c31-28(32)25-15-14-20(34-17-19-8-2-1-3-9-19)16-27(25)30-29(33)35-18-26-23-12-6-4-10-21(23)22-11-5-7-13-24(22)26/h1-16,26H,17-18H2,(H,30,33)(H,31,32). The summed E-state index contributed by atoms with van der Waals surface area (Å²) >= 11 is 0. The quantitative estimate of drug-likeness (QED) is 0.333. The zero-order valence-corrected chi connectivity index (χ0v) is 18.8. The number of carbonyl (C=O) groups excluding carboxylic acids is 1. The molecule has 35 heavy (non-hydrogen) atoms. The third kappa shape index (κ3) is 4.73. The van der Waals surface area contributed by atoms with Gasteiger partial charge in [0.25, 0.3) is 0 Å². The molecule has 1 aliphatic carbocycles. The van der Waals surface area contributed by atoms with Crippen LogP contribution in [0.1, 0.15) is 33.0 Å². The number of ether oxygens (including phenoxy) is 2. The summed E-state index contributed by atoms with van der Waals surface area (Å²) in [6.45, 7) is 0.449. The fraction of sp³-hybridized carbons (Fsp3) is 0.103. The molecular weight excluding hydrogens is 442 g/mol. The van der Waals surface area contributed by atoms with Crippen molar-refractivity contribution in [2.45, 2.75) is 12.5 Å². The van der Waals surface area contributed by atoms with Gasteiger partial charge in [-0.3, -0.25) is 5.32 Å². The van der Waals surface area contributed by atoms with Crippen LogP contribution < -0.4 is 10.1 Å². The number of fused-ring (bicyclic) bond motifs is 3. The largest absolute Gasteiger partial charge is 0.489 e. The number of hydrogen-bond acceptors (Lipinski definition) is 4. The molecule has 0 atom stereocenters. The topological polar surface area (TPSA) is 84.9 Å². The SMILES string of the molecule is O=C(Nc1cc(OCc2ccccc2)ccc1C(=O)O)OCC1c2ccccc2-c2ccccc21. The third-order valence-electron chi connectivity index (χ3n) is 6.05. The molecule has 2 N–H and O–H groups in total. The number of nitrogens with one attached hydrogen (secondary N) is 1. The number of carboxylic acid groups (broad SMARTS) is 1. The van der Waals surface area contributed by atoms with E-state index in [2.05, 4.69) is 17.4 Å². The van der Waals surface area contributed by atoms with Gasteiger partial charge in [-0.25, -0.2) is 9.59 Å². The van der Waals surface area contributed by atoms with Crippen LogP contribution in [0.2, 0.25) is 0 Å². The lowest BCUT2D eigenvalue weighted by Gasteiger charge is -2.16. The fourth-order valence-electron chi connectivity index (χ4n) is 4.39. The van der Waals surface area contributed by atoms with E-state index in [1.807, 2.05) is 66.7 Å². The van der Waals surface area contributed by atoms with E-state index in [4.69, 9.17) is 9.47 Å². The van der Waals surface area contributed by atoms with Gasteiger partial charge in [0.05, 0.1) is 11.3 Å². The van der Waals surface area contributed by atoms with Crippen LogP contribution in [0.4, 0.5) is 10.5 Å². The monoisotopic (exact) mass is 465 g/mol. The van der Waals surface area contributed by atoms with Gasteiger partial charge in [-0.05, 0) is 39.9 Å². The van der Waals surface area contributed by atoms with Gasteiger partial charge in [0.15, 0.2) is 0 Å². The van der Waals surface area contributed by atoms with Gasteiger partial charge in [-0.2, -0.15) is 0 Å². The smallest absolute Gasteiger partial charge is 0.411 e. The molecule has 0 unspecified atom stereocenters. The van der Waals surface area contributed by atoms with Crippen LogP contribution in [0.15, 0.2) is 97.1 Å². The van der Waals surface area contributed by atoms with Gasteiger partial charge in [-0.15, -0.1) is 0 Å². The molecule has 0 fully saturated rings. The molecule has 5 rings (SSSR count). The molecule has 1 amide bonds. The third-order valence-corrected chi connectivity index (χ3v) is 6.05. The first-order valence-electron chi connectivity index (χ1n) is 11.3. The summed E-state index contributed by atoms with van der Waals surface area (Å²) in [7, 11) is 0. The maximum absolute atomic E-state index is 12.7. The number of carboxylic acids is 1. The predicted octanol–water partition coefficient (Wildman–Crippen LogP) is 6.32. The summed E-state index contributed by atoms with van der Waals surface area (Å²) < 4.78 is 11.3. The number of anilines is 1. The Kier molecular flexibility index (Phi) is 6.18. The molecule has 174 valence electrons. The van der Waals surface area contributed by atoms with Crippen molar-refractivity contribution in [1.29, 1.82) is 0 Å². The molecule has 4 aromatic rings. The van der Waals surface area contributed by atoms with Crippen molar-refractivity contribution in [2.75, 3.05) is 11.9 Å². The Bertz CT molecular complexity index is 1340. The van der Waals surface area contributed by atoms with E-state index in [0.29, 0.717) is 12.4 Å². The predicted molar refractivity (Wildman–Crippen MR) is 133 cm³/mol. The van der Waals surface area contributed by atoms with Crippen LogP contribution in [-0.4, -0.2) is 23.8 Å². The van der Waals surface area contributed by atoms with Crippen LogP contribution in [-0.2, 0) is 11.3 Å². The summed E-state index contributed by atoms with van der Waals surface area (Å²) in [5.74, 6) is -0.811. The first kappa shape index (κ1) is 22.2. The lowest BCUT2D eigenvalue weighted by Crippen LogP contribution is -2.19. The van der Waals surface area contributed by atoms with E-state index >= 15 is 0 Å². The minimum absolute atomic E-state index is 0.0504. The lowest BCUT2D eigenvalue weighted by molar-refractivity contribution is 0.0698. The molecular formula is C29H23NO5. The van der Waals surface area contributed by atoms with Gasteiger partial charge in [-0.1, -0.05) is 78.9 Å². The normalized spacial score (nSPS) is 11.9. The molecule has 0 heterocycles. The number of benzene rings is 4. The van der Waals surface area contributed by atoms with Gasteiger partial charge in [0.1, 0.15) is 19.0 Å². The van der Waals surface area contributed by atoms with E-state index in [1.165, 1.54) is 12.1 Å². The highest BCUT2D eigenvalue weighted by Crippen LogP contribution is 2.44. The van der Waals surface area contributed by atoms with Crippen molar-refractivity contribution >= 4 is 17.7 Å². The van der Waals surface area contributed by atoms with Crippen molar-refractivity contribution < 1.29 is 24.2 Å². The summed E-state index contributed by atoms with van der Waals surface area (Å²) in [5.41, 5.74) is 5.50. The van der Waals surface area contributed by atoms with E-state index in [1.54, 1.807) is 6.07 Å². The number of carbonyl (C=O) groups is 2. The molecule has 0 saturated carbocycles. The molecule has 0 radical (unpaired) electrons. The van der Waals surface area contributed by atoms with Crippen LogP contribution in [0, 0.1) is 0 Å². The first-order chi connectivity index (χ1) is 17.1. The zero-order valence-electron chi connectivity index (χ0n) is 18.8. The Balaban J connectivity index is 1.29. The van der Waals surface area contributed by atoms with Crippen LogP contribution in [0.3, 0.4) is 0 Å². The Morgan fingerprint density at radius 1 is 0.800 bits per heavy atom. The van der Waals surface area contributed by atoms with Crippen molar-refractivity contribution in [3.05, 3.63) is 119 Å². The second-order valence-corrected chi connectivity index (χ2v) is 8.24. The van der Waals surface area contributed by atoms with E-state index < -0.39 is 12.1 Å². The number of hydrogen-bond donors (Lipinski definition) is 2. The van der Waals surface area contributed by atoms with Crippen molar-refractivity contribution in [1.82, 2.24) is 0 Å². The van der Waals surface area contributed by atoms with Crippen molar-refractivity contribution in [3.63, 3.8) is 0 Å². The van der Waals surface area contributed by atoms with E-state index in [-0.39, 0.29) is 23.8 Å². The lowest BCUT2D eigenvalue weighted by atomic mass is 9.98. The number of rotatable bonds is 7. The fourth-order valence-corrected chi connectivity index (χ4v) is 4.39. The molecule has 0 saturated heterocycles. The number of amides is 1. The van der Waals surface area contributed by atoms with Gasteiger partial charge >= 0.3 is 12.1 Å². The minimum atomic E-state index is -1.16. The van der Waals surface area contributed by atoms with Crippen LogP contribution >= 0.6 is 0 Å². The molecule has 0 spiro atoms. The minimum Gasteiger partial charge on any atom is -0.489 e. The summed E-state index contributed by atoms with van der Waals surface area (Å²) in [4.78, 5) is 24.4. The number of aromatic carboxylic acids is 1. The highest BCUT2D eigenvalue weighted by Gasteiger charge is 2.29.